The van der Waals surface area contributed by atoms with E-state index in [1.165, 1.54) is 218 Å². The summed E-state index contributed by atoms with van der Waals surface area (Å²) in [6, 6.07) is 0. The minimum Gasteiger partial charge on any atom is -0.462 e. The van der Waals surface area contributed by atoms with Crippen LogP contribution in [0, 0.1) is 17.8 Å². The maximum Gasteiger partial charge on any atom is 0.472 e. The number of rotatable bonds is 77. The quantitative estimate of drug-likeness (QED) is 0.0222. The normalized spacial score (nSPS) is 14.6. The van der Waals surface area contributed by atoms with Crippen molar-refractivity contribution in [3.8, 4) is 0 Å². The maximum atomic E-state index is 13.1. The highest BCUT2D eigenvalue weighted by molar-refractivity contribution is 7.47. The summed E-state index contributed by atoms with van der Waals surface area (Å²) in [5.41, 5.74) is 0. The first-order chi connectivity index (χ1) is 47.3. The van der Waals surface area contributed by atoms with E-state index in [0.29, 0.717) is 25.7 Å². The van der Waals surface area contributed by atoms with Crippen molar-refractivity contribution in [2.45, 2.75) is 426 Å². The molecule has 0 saturated heterocycles. The van der Waals surface area contributed by atoms with Crippen molar-refractivity contribution in [3.63, 3.8) is 0 Å². The monoisotopic (exact) mass is 1440 g/mol. The molecule has 17 nitrogen and oxygen atoms in total. The van der Waals surface area contributed by atoms with Gasteiger partial charge in [0, 0.05) is 25.7 Å². The fourth-order valence-corrected chi connectivity index (χ4v) is 13.6. The average molecular weight is 1440 g/mol. The lowest BCUT2D eigenvalue weighted by molar-refractivity contribution is -0.161. The first-order valence-corrected chi connectivity index (χ1v) is 43.9. The fraction of sp³-hybridized carbons (Fsp3) is 0.949. The van der Waals surface area contributed by atoms with Crippen LogP contribution in [0.5, 0.6) is 0 Å². The third kappa shape index (κ3) is 69.8. The minimum atomic E-state index is -4.96. The summed E-state index contributed by atoms with van der Waals surface area (Å²) in [6.07, 6.45) is 56.8. The number of hydrogen-bond donors (Lipinski definition) is 3. The van der Waals surface area contributed by atoms with E-state index in [-0.39, 0.29) is 25.7 Å². The molecule has 0 aromatic heterocycles. The Morgan fingerprint density at radius 3 is 0.776 bits per heavy atom. The van der Waals surface area contributed by atoms with E-state index < -0.39 is 97.5 Å². The fourth-order valence-electron chi connectivity index (χ4n) is 12.1. The number of aliphatic hydroxyl groups is 1. The molecule has 3 N–H and O–H groups in total. The van der Waals surface area contributed by atoms with Crippen LogP contribution in [0.4, 0.5) is 0 Å². The van der Waals surface area contributed by atoms with Gasteiger partial charge in [-0.15, -0.1) is 0 Å². The SMILES string of the molecule is CCCCCCCCCCCCCCCCCCCCCCC(=O)O[C@H](COC(=O)CCCCCCCCCCCCC(C)CC)COP(=O)(O)OC[C@@H](O)COP(=O)(O)OC[C@@H](COC(=O)CCCCCCCCCCC(C)CC)OC(=O)CCCCCCCCCCCC(C)C. The lowest BCUT2D eigenvalue weighted by Crippen LogP contribution is -2.30. The number of carbonyl (C=O) groups is 4. The van der Waals surface area contributed by atoms with E-state index in [4.69, 9.17) is 37.0 Å². The molecule has 0 heterocycles. The van der Waals surface area contributed by atoms with Gasteiger partial charge in [0.2, 0.25) is 0 Å². The summed E-state index contributed by atoms with van der Waals surface area (Å²) >= 11 is 0. The minimum absolute atomic E-state index is 0.105. The molecule has 0 saturated carbocycles. The molecule has 0 aliphatic rings. The number of phosphoric ester groups is 2. The second kappa shape index (κ2) is 69.4. The van der Waals surface area contributed by atoms with Crippen LogP contribution >= 0.6 is 15.6 Å². The van der Waals surface area contributed by atoms with E-state index in [9.17, 15) is 43.2 Å². The second-order valence-corrected chi connectivity index (χ2v) is 32.3. The van der Waals surface area contributed by atoms with E-state index in [2.05, 4.69) is 48.5 Å². The molecule has 0 bridgehead atoms. The molecular weight excluding hydrogens is 1280 g/mol. The van der Waals surface area contributed by atoms with Crippen LogP contribution in [0.1, 0.15) is 408 Å². The first kappa shape index (κ1) is 96.1. The molecule has 19 heteroatoms. The van der Waals surface area contributed by atoms with Gasteiger partial charge in [-0.05, 0) is 43.4 Å². The Bertz CT molecular complexity index is 1910. The number of unbranched alkanes of at least 4 members (excludes halogenated alkanes) is 43. The third-order valence-electron chi connectivity index (χ3n) is 19.1. The third-order valence-corrected chi connectivity index (χ3v) is 21.0. The Kier molecular flexibility index (Phi) is 68.1. The van der Waals surface area contributed by atoms with Crippen molar-refractivity contribution in [1.82, 2.24) is 0 Å². The lowest BCUT2D eigenvalue weighted by Gasteiger charge is -2.21. The summed E-state index contributed by atoms with van der Waals surface area (Å²) in [5, 5.41) is 10.6. The van der Waals surface area contributed by atoms with E-state index in [1.54, 1.807) is 0 Å². The van der Waals surface area contributed by atoms with Gasteiger partial charge in [-0.2, -0.15) is 0 Å². The zero-order chi connectivity index (χ0) is 72.3. The molecule has 0 rings (SSSR count). The van der Waals surface area contributed by atoms with Crippen molar-refractivity contribution in [2.75, 3.05) is 39.6 Å². The largest absolute Gasteiger partial charge is 0.472 e. The van der Waals surface area contributed by atoms with Gasteiger partial charge in [-0.1, -0.05) is 357 Å². The number of carbonyl (C=O) groups excluding carboxylic acids is 4. The molecule has 0 radical (unpaired) electrons. The summed E-state index contributed by atoms with van der Waals surface area (Å²) < 4.78 is 68.6. The summed E-state index contributed by atoms with van der Waals surface area (Å²) in [6.45, 7) is 11.9. The van der Waals surface area contributed by atoms with Crippen LogP contribution in [0.2, 0.25) is 0 Å². The van der Waals surface area contributed by atoms with Gasteiger partial charge in [0.15, 0.2) is 12.2 Å². The summed E-state index contributed by atoms with van der Waals surface area (Å²) in [7, 11) is -9.92. The summed E-state index contributed by atoms with van der Waals surface area (Å²) in [4.78, 5) is 72.9. The van der Waals surface area contributed by atoms with Crippen LogP contribution in [-0.4, -0.2) is 96.7 Å². The molecule has 98 heavy (non-hydrogen) atoms. The Morgan fingerprint density at radius 2 is 0.520 bits per heavy atom. The van der Waals surface area contributed by atoms with E-state index in [1.807, 2.05) is 0 Å². The van der Waals surface area contributed by atoms with Crippen LogP contribution in [0.25, 0.3) is 0 Å². The van der Waals surface area contributed by atoms with Crippen molar-refractivity contribution in [3.05, 3.63) is 0 Å². The van der Waals surface area contributed by atoms with Gasteiger partial charge in [-0.3, -0.25) is 37.3 Å². The number of phosphoric acid groups is 2. The highest BCUT2D eigenvalue weighted by atomic mass is 31.2. The predicted octanol–water partition coefficient (Wildman–Crippen LogP) is 23.4. The zero-order valence-corrected chi connectivity index (χ0v) is 66.0. The van der Waals surface area contributed by atoms with Crippen LogP contribution in [-0.2, 0) is 65.4 Å². The molecule has 4 unspecified atom stereocenters. The molecule has 0 aliphatic heterocycles. The molecule has 0 aromatic carbocycles. The average Bonchev–Trinajstić information content (AvgIpc) is 1.58. The second-order valence-electron chi connectivity index (χ2n) is 29.4. The van der Waals surface area contributed by atoms with Crippen molar-refractivity contribution >= 4 is 39.5 Å². The van der Waals surface area contributed by atoms with Gasteiger partial charge in [-0.25, -0.2) is 9.13 Å². The predicted molar refractivity (Wildman–Crippen MR) is 400 cm³/mol. The van der Waals surface area contributed by atoms with Gasteiger partial charge in [0.25, 0.3) is 0 Å². The Balaban J connectivity index is 5.24. The van der Waals surface area contributed by atoms with Crippen LogP contribution < -0.4 is 0 Å². The molecule has 0 aliphatic carbocycles. The van der Waals surface area contributed by atoms with E-state index >= 15 is 0 Å². The summed E-state index contributed by atoms with van der Waals surface area (Å²) in [5.74, 6) is 0.208. The molecule has 0 aromatic rings. The van der Waals surface area contributed by atoms with Gasteiger partial charge in [0.1, 0.15) is 19.3 Å². The maximum absolute atomic E-state index is 13.1. The molecule has 0 amide bonds. The van der Waals surface area contributed by atoms with Crippen molar-refractivity contribution < 1.29 is 80.2 Å². The molecular formula is C79H154O17P2. The lowest BCUT2D eigenvalue weighted by atomic mass is 9.99. The van der Waals surface area contributed by atoms with Crippen molar-refractivity contribution in [1.29, 1.82) is 0 Å². The number of ether oxygens (including phenoxy) is 4. The van der Waals surface area contributed by atoms with Crippen LogP contribution in [0.3, 0.4) is 0 Å². The highest BCUT2D eigenvalue weighted by Gasteiger charge is 2.30. The Morgan fingerprint density at radius 1 is 0.296 bits per heavy atom. The van der Waals surface area contributed by atoms with Gasteiger partial charge < -0.3 is 33.8 Å². The van der Waals surface area contributed by atoms with Gasteiger partial charge in [0.05, 0.1) is 26.4 Å². The zero-order valence-electron chi connectivity index (χ0n) is 64.3. The topological polar surface area (TPSA) is 237 Å². The Labute approximate surface area is 600 Å². The highest BCUT2D eigenvalue weighted by Crippen LogP contribution is 2.45. The molecule has 0 fully saturated rings. The number of esters is 4. The smallest absolute Gasteiger partial charge is 0.462 e. The van der Waals surface area contributed by atoms with Crippen molar-refractivity contribution in [2.24, 2.45) is 17.8 Å². The first-order valence-electron chi connectivity index (χ1n) is 40.9. The molecule has 582 valence electrons. The molecule has 0 spiro atoms. The Hall–Kier alpha value is -1.94. The molecule has 7 atom stereocenters. The standard InChI is InChI=1S/C79H154O17P2/c1-8-11-12-13-14-15-16-17-18-19-20-21-22-23-24-25-32-41-48-55-62-78(83)95-74(66-89-76(81)60-53-46-39-31-27-26-30-37-44-51-58-71(6)9-2)68-93-97(85,86)91-64-73(80)65-92-98(87,88)94-69-75(96-79(84)63-56-49-42-33-28-29-36-43-50-57-70(4)5)67-90-77(82)61-54-47-40-35-34-38-45-52-59-72(7)10-3/h70-75,80H,8-69H2,1-7H3,(H,85,86)(H,87,88)/t71?,72?,73-,74-,75-/m1/s1. The van der Waals surface area contributed by atoms with Gasteiger partial charge >= 0.3 is 39.5 Å². The number of aliphatic hydroxyl groups excluding tert-OH is 1. The van der Waals surface area contributed by atoms with E-state index in [0.717, 1.165) is 108 Å². The number of hydrogen-bond acceptors (Lipinski definition) is 15. The van der Waals surface area contributed by atoms with Crippen LogP contribution in [0.15, 0.2) is 0 Å².